The molecule has 1 saturated heterocycles. The van der Waals surface area contributed by atoms with E-state index in [-0.39, 0.29) is 30.0 Å². The third-order valence-corrected chi connectivity index (χ3v) is 4.42. The van der Waals surface area contributed by atoms with Crippen LogP contribution in [0.4, 0.5) is 11.4 Å². The molecule has 21 heavy (non-hydrogen) atoms. The Hall–Kier alpha value is -1.55. The zero-order valence-corrected chi connectivity index (χ0v) is 13.4. The minimum Gasteiger partial charge on any atom is -0.399 e. The molecule has 1 amide bonds. The first-order valence-electron chi connectivity index (χ1n) is 7.78. The Bertz CT molecular complexity index is 503. The lowest BCUT2D eigenvalue weighted by Crippen LogP contribution is -2.41. The van der Waals surface area contributed by atoms with Crippen LogP contribution in [0.2, 0.25) is 0 Å². The molecule has 116 valence electrons. The van der Waals surface area contributed by atoms with Crippen molar-refractivity contribution >= 4 is 17.3 Å². The van der Waals surface area contributed by atoms with E-state index in [1.807, 2.05) is 43.0 Å². The fourth-order valence-electron chi connectivity index (χ4n) is 3.16. The molecule has 0 aromatic heterocycles. The lowest BCUT2D eigenvalue weighted by molar-refractivity contribution is -0.124. The van der Waals surface area contributed by atoms with Crippen LogP contribution in [0.1, 0.15) is 34.1 Å². The van der Waals surface area contributed by atoms with Gasteiger partial charge in [-0.25, -0.2) is 0 Å². The number of anilines is 2. The summed E-state index contributed by atoms with van der Waals surface area (Å²) in [5, 5.41) is 0. The first-order valence-corrected chi connectivity index (χ1v) is 7.78. The summed E-state index contributed by atoms with van der Waals surface area (Å²) in [4.78, 5) is 14.9. The maximum absolute atomic E-state index is 13.0. The summed E-state index contributed by atoms with van der Waals surface area (Å²) in [6.07, 6.45) is 0.994. The van der Waals surface area contributed by atoms with Gasteiger partial charge < -0.3 is 15.4 Å². The predicted molar refractivity (Wildman–Crippen MR) is 86.2 cm³/mol. The fraction of sp³-hybridized carbons (Fsp3) is 0.588. The number of nitrogens with two attached hydrogens (primary N) is 1. The first-order chi connectivity index (χ1) is 9.95. The third kappa shape index (κ3) is 3.21. The Kier molecular flexibility index (Phi) is 4.88. The van der Waals surface area contributed by atoms with Crippen molar-refractivity contribution in [3.63, 3.8) is 0 Å². The van der Waals surface area contributed by atoms with Gasteiger partial charge in [-0.15, -0.1) is 0 Å². The molecule has 1 fully saturated rings. The van der Waals surface area contributed by atoms with Gasteiger partial charge in [-0.3, -0.25) is 4.79 Å². The van der Waals surface area contributed by atoms with Crippen molar-refractivity contribution in [2.75, 3.05) is 17.2 Å². The molecule has 4 heteroatoms. The SMILES string of the molecule is CCCN(C(=O)C1C(C)OC(C)C1C)c1cccc(N)c1. The van der Waals surface area contributed by atoms with Crippen LogP contribution in [0, 0.1) is 11.8 Å². The third-order valence-electron chi connectivity index (χ3n) is 4.42. The van der Waals surface area contributed by atoms with Crippen LogP contribution >= 0.6 is 0 Å². The van der Waals surface area contributed by atoms with E-state index in [4.69, 9.17) is 10.5 Å². The summed E-state index contributed by atoms with van der Waals surface area (Å²) in [6.45, 7) is 8.91. The lowest BCUT2D eigenvalue weighted by Gasteiger charge is -2.28. The molecule has 0 saturated carbocycles. The van der Waals surface area contributed by atoms with Crippen LogP contribution in [0.15, 0.2) is 24.3 Å². The molecule has 1 aromatic carbocycles. The van der Waals surface area contributed by atoms with Crippen LogP contribution in [0.3, 0.4) is 0 Å². The molecule has 1 aliphatic rings. The molecule has 1 aliphatic heterocycles. The molecule has 4 nitrogen and oxygen atoms in total. The van der Waals surface area contributed by atoms with E-state index >= 15 is 0 Å². The van der Waals surface area contributed by atoms with Gasteiger partial charge in [-0.1, -0.05) is 19.9 Å². The van der Waals surface area contributed by atoms with E-state index in [1.165, 1.54) is 0 Å². The summed E-state index contributed by atoms with van der Waals surface area (Å²) >= 11 is 0. The topological polar surface area (TPSA) is 55.6 Å². The molecule has 1 aromatic rings. The zero-order valence-electron chi connectivity index (χ0n) is 13.4. The molecular weight excluding hydrogens is 264 g/mol. The van der Waals surface area contributed by atoms with E-state index in [2.05, 4.69) is 13.8 Å². The highest BCUT2D eigenvalue weighted by atomic mass is 16.5. The van der Waals surface area contributed by atoms with Crippen LogP contribution < -0.4 is 10.6 Å². The Morgan fingerprint density at radius 1 is 1.29 bits per heavy atom. The maximum Gasteiger partial charge on any atom is 0.233 e. The lowest BCUT2D eigenvalue weighted by atomic mass is 9.88. The van der Waals surface area contributed by atoms with Gasteiger partial charge >= 0.3 is 0 Å². The zero-order chi connectivity index (χ0) is 15.6. The molecule has 4 unspecified atom stereocenters. The number of hydrogen-bond acceptors (Lipinski definition) is 3. The van der Waals surface area contributed by atoms with E-state index in [0.717, 1.165) is 12.1 Å². The van der Waals surface area contributed by atoms with E-state index in [1.54, 1.807) is 0 Å². The van der Waals surface area contributed by atoms with Crippen molar-refractivity contribution in [1.82, 2.24) is 0 Å². The first kappa shape index (κ1) is 15.8. The van der Waals surface area contributed by atoms with Crippen molar-refractivity contribution in [3.8, 4) is 0 Å². The molecule has 4 atom stereocenters. The second kappa shape index (κ2) is 6.48. The smallest absolute Gasteiger partial charge is 0.233 e. The van der Waals surface area contributed by atoms with Gasteiger partial charge in [-0.05, 0) is 44.4 Å². The average molecular weight is 290 g/mol. The highest BCUT2D eigenvalue weighted by Crippen LogP contribution is 2.34. The van der Waals surface area contributed by atoms with E-state index in [9.17, 15) is 4.79 Å². The summed E-state index contributed by atoms with van der Waals surface area (Å²) in [5.74, 6) is 0.285. The number of nitrogens with zero attached hydrogens (tertiary/aromatic N) is 1. The number of carbonyl (C=O) groups excluding carboxylic acids is 1. The summed E-state index contributed by atoms with van der Waals surface area (Å²) in [7, 11) is 0. The monoisotopic (exact) mass is 290 g/mol. The molecule has 0 radical (unpaired) electrons. The van der Waals surface area contributed by atoms with Gasteiger partial charge in [0.15, 0.2) is 0 Å². The van der Waals surface area contributed by atoms with Crippen molar-refractivity contribution in [3.05, 3.63) is 24.3 Å². The van der Waals surface area contributed by atoms with E-state index < -0.39 is 0 Å². The Labute approximate surface area is 127 Å². The summed E-state index contributed by atoms with van der Waals surface area (Å²) < 4.78 is 5.82. The summed E-state index contributed by atoms with van der Waals surface area (Å²) in [6, 6.07) is 7.53. The predicted octanol–water partition coefficient (Wildman–Crippen LogP) is 3.07. The number of hydrogen-bond donors (Lipinski definition) is 1. The highest BCUT2D eigenvalue weighted by molar-refractivity contribution is 5.96. The van der Waals surface area contributed by atoms with Gasteiger partial charge in [0.05, 0.1) is 18.1 Å². The average Bonchev–Trinajstić information content (AvgIpc) is 2.69. The minimum absolute atomic E-state index is 0.0390. The van der Waals surface area contributed by atoms with Crippen LogP contribution in [-0.2, 0) is 9.53 Å². The second-order valence-electron chi connectivity index (χ2n) is 6.02. The largest absolute Gasteiger partial charge is 0.399 e. The van der Waals surface area contributed by atoms with Crippen LogP contribution in [0.5, 0.6) is 0 Å². The fourth-order valence-corrected chi connectivity index (χ4v) is 3.16. The maximum atomic E-state index is 13.0. The minimum atomic E-state index is -0.0898. The Balaban J connectivity index is 2.28. The summed E-state index contributed by atoms with van der Waals surface area (Å²) in [5.41, 5.74) is 7.42. The van der Waals surface area contributed by atoms with Gasteiger partial charge in [-0.2, -0.15) is 0 Å². The van der Waals surface area contributed by atoms with Crippen molar-refractivity contribution in [2.24, 2.45) is 11.8 Å². The quantitative estimate of drug-likeness (QED) is 0.867. The molecule has 2 N–H and O–H groups in total. The number of carbonyl (C=O) groups is 1. The van der Waals surface area contributed by atoms with Crippen molar-refractivity contribution in [2.45, 2.75) is 46.3 Å². The highest BCUT2D eigenvalue weighted by Gasteiger charge is 2.43. The van der Waals surface area contributed by atoms with E-state index in [0.29, 0.717) is 12.2 Å². The molecular formula is C17H26N2O2. The normalized spacial score (nSPS) is 28.6. The van der Waals surface area contributed by atoms with Crippen LogP contribution in [-0.4, -0.2) is 24.7 Å². The molecule has 0 bridgehead atoms. The molecule has 1 heterocycles. The molecule has 2 rings (SSSR count). The number of ether oxygens (including phenoxy) is 1. The molecule has 0 spiro atoms. The Morgan fingerprint density at radius 3 is 2.52 bits per heavy atom. The van der Waals surface area contributed by atoms with Gasteiger partial charge in [0, 0.05) is 17.9 Å². The number of nitrogen functional groups attached to an aromatic ring is 1. The van der Waals surface area contributed by atoms with Crippen LogP contribution in [0.25, 0.3) is 0 Å². The number of amides is 1. The standard InChI is InChI=1S/C17H26N2O2/c1-5-9-19(15-8-6-7-14(18)10-15)17(20)16-11(2)12(3)21-13(16)4/h6-8,10-13,16H,5,9,18H2,1-4H3. The van der Waals surface area contributed by atoms with Gasteiger partial charge in [0.2, 0.25) is 5.91 Å². The number of rotatable bonds is 4. The second-order valence-corrected chi connectivity index (χ2v) is 6.02. The molecule has 0 aliphatic carbocycles. The number of benzene rings is 1. The van der Waals surface area contributed by atoms with Crippen molar-refractivity contribution < 1.29 is 9.53 Å². The van der Waals surface area contributed by atoms with Gasteiger partial charge in [0.1, 0.15) is 0 Å². The van der Waals surface area contributed by atoms with Gasteiger partial charge in [0.25, 0.3) is 0 Å². The Morgan fingerprint density at radius 2 is 2.00 bits per heavy atom. The van der Waals surface area contributed by atoms with Crippen molar-refractivity contribution in [1.29, 1.82) is 0 Å².